The third kappa shape index (κ3) is 22.2. The van der Waals surface area contributed by atoms with Crippen molar-refractivity contribution in [1.29, 1.82) is 0 Å². The van der Waals surface area contributed by atoms with Crippen LogP contribution in [0.2, 0.25) is 0 Å². The summed E-state index contributed by atoms with van der Waals surface area (Å²) in [6, 6.07) is 0. The maximum absolute atomic E-state index is 11.9. The second-order valence-corrected chi connectivity index (χ2v) is 9.66. The largest absolute Gasteiger partial charge is 0.635 e. The molecule has 0 aliphatic heterocycles. The summed E-state index contributed by atoms with van der Waals surface area (Å²) in [5, 5.41) is 29.6. The Bertz CT molecular complexity index is 474. The van der Waals surface area contributed by atoms with E-state index in [9.17, 15) is 24.1 Å². The Kier molecular flexibility index (Phi) is 13.0. The third-order valence-electron chi connectivity index (χ3n) is 2.08. The van der Waals surface area contributed by atoms with Crippen molar-refractivity contribution in [1.82, 2.24) is 0 Å². The van der Waals surface area contributed by atoms with E-state index in [1.54, 1.807) is 0 Å². The first-order valence-corrected chi connectivity index (χ1v) is 11.8. The van der Waals surface area contributed by atoms with E-state index < -0.39 is 52.8 Å². The van der Waals surface area contributed by atoms with Crippen LogP contribution in [-0.4, -0.2) is 84.3 Å². The van der Waals surface area contributed by atoms with E-state index in [2.05, 4.69) is 0 Å². The molecule has 0 spiro atoms. The van der Waals surface area contributed by atoms with Crippen LogP contribution in [0.5, 0.6) is 0 Å². The molecule has 15 nitrogen and oxygen atoms in total. The Morgan fingerprint density at radius 1 is 0.880 bits per heavy atom. The SMILES string of the molecule is O=P(O)(O)C[N+]([O-])(CCOCCO)CP(=O)(O)O.O=P(O)(O)C[NH2+][O-]. The van der Waals surface area contributed by atoms with Gasteiger partial charge in [0.25, 0.3) is 0 Å². The summed E-state index contributed by atoms with van der Waals surface area (Å²) in [4.78, 5) is 50.7. The van der Waals surface area contributed by atoms with Gasteiger partial charge in [0.05, 0.1) is 19.8 Å². The zero-order valence-corrected chi connectivity index (χ0v) is 15.6. The summed E-state index contributed by atoms with van der Waals surface area (Å²) in [6.07, 6.45) is -3.14. The lowest BCUT2D eigenvalue weighted by Crippen LogP contribution is -2.77. The van der Waals surface area contributed by atoms with Gasteiger partial charge in [-0.3, -0.25) is 13.7 Å². The van der Waals surface area contributed by atoms with Crippen molar-refractivity contribution in [2.24, 2.45) is 0 Å². The molecule has 25 heavy (non-hydrogen) atoms. The first-order valence-electron chi connectivity index (χ1n) is 6.37. The minimum Gasteiger partial charge on any atom is -0.635 e. The normalized spacial score (nSPS) is 13.3. The molecule has 154 valence electrons. The molecular formula is C7H23N2O13P3. The topological polar surface area (TPSA) is 265 Å². The number of aliphatic hydroxyl groups is 1. The average molecular weight is 436 g/mol. The van der Waals surface area contributed by atoms with Crippen LogP contribution in [0.25, 0.3) is 0 Å². The maximum Gasteiger partial charge on any atom is 0.379 e. The van der Waals surface area contributed by atoms with Gasteiger partial charge in [0.2, 0.25) is 0 Å². The van der Waals surface area contributed by atoms with Gasteiger partial charge in [0, 0.05) is 0 Å². The Labute approximate surface area is 142 Å². The van der Waals surface area contributed by atoms with Crippen LogP contribution in [0, 0.1) is 10.4 Å². The zero-order chi connectivity index (χ0) is 20.4. The highest BCUT2D eigenvalue weighted by molar-refractivity contribution is 7.52. The quantitative estimate of drug-likeness (QED) is 0.0686. The molecule has 0 heterocycles. The number of nitrogens with two attached hydrogens (primary N) is 1. The van der Waals surface area contributed by atoms with Crippen molar-refractivity contribution in [3.63, 3.8) is 0 Å². The van der Waals surface area contributed by atoms with Gasteiger partial charge in [0.15, 0.2) is 18.9 Å². The highest BCUT2D eigenvalue weighted by Gasteiger charge is 2.34. The van der Waals surface area contributed by atoms with Crippen molar-refractivity contribution < 1.29 is 63.0 Å². The van der Waals surface area contributed by atoms with E-state index in [1.807, 2.05) is 0 Å². The Morgan fingerprint density at radius 2 is 1.32 bits per heavy atom. The second kappa shape index (κ2) is 11.8. The van der Waals surface area contributed by atoms with E-state index in [4.69, 9.17) is 39.2 Å². The summed E-state index contributed by atoms with van der Waals surface area (Å²) in [5.74, 6) is 0. The Hall–Kier alpha value is 0.210. The van der Waals surface area contributed by atoms with E-state index in [0.29, 0.717) is 0 Å². The number of rotatable bonds is 11. The van der Waals surface area contributed by atoms with Gasteiger partial charge in [-0.05, 0) is 0 Å². The van der Waals surface area contributed by atoms with Crippen LogP contribution >= 0.6 is 22.8 Å². The van der Waals surface area contributed by atoms with Crippen LogP contribution in [0.4, 0.5) is 0 Å². The lowest BCUT2D eigenvalue weighted by molar-refractivity contribution is -0.859. The molecule has 0 unspecified atom stereocenters. The van der Waals surface area contributed by atoms with Gasteiger partial charge in [-0.2, -0.15) is 0 Å². The van der Waals surface area contributed by atoms with Gasteiger partial charge < -0.3 is 59.7 Å². The van der Waals surface area contributed by atoms with Crippen LogP contribution in [0.3, 0.4) is 0 Å². The van der Waals surface area contributed by atoms with Gasteiger partial charge in [-0.25, -0.2) is 0 Å². The Balaban J connectivity index is 0. The summed E-state index contributed by atoms with van der Waals surface area (Å²) in [6.45, 7) is -1.18. The van der Waals surface area contributed by atoms with Crippen molar-refractivity contribution >= 4 is 22.8 Å². The molecule has 0 saturated carbocycles. The molecule has 0 rings (SSSR count). The van der Waals surface area contributed by atoms with E-state index >= 15 is 0 Å². The maximum atomic E-state index is 11.9. The number of hydrogen-bond acceptors (Lipinski definition) is 7. The summed E-state index contributed by atoms with van der Waals surface area (Å²) >= 11 is 0. The molecule has 9 N–H and O–H groups in total. The van der Waals surface area contributed by atoms with Crippen molar-refractivity contribution in [2.45, 2.75) is 0 Å². The van der Waals surface area contributed by atoms with Gasteiger partial charge in [-0.1, -0.05) is 0 Å². The summed E-state index contributed by atoms with van der Waals surface area (Å²) in [5.41, 5.74) is 0.195. The van der Waals surface area contributed by atoms with Crippen molar-refractivity contribution in [3.8, 4) is 0 Å². The predicted octanol–water partition coefficient (Wildman–Crippen LogP) is -3.24. The van der Waals surface area contributed by atoms with E-state index in [-0.39, 0.29) is 25.3 Å². The molecule has 0 fully saturated rings. The van der Waals surface area contributed by atoms with Gasteiger partial charge >= 0.3 is 22.8 Å². The molecule has 0 aromatic heterocycles. The summed E-state index contributed by atoms with van der Waals surface area (Å²) < 4.78 is 34.2. The number of hydroxylamine groups is 4. The predicted molar refractivity (Wildman–Crippen MR) is 82.4 cm³/mol. The highest BCUT2D eigenvalue weighted by Crippen LogP contribution is 2.44. The molecule has 0 atom stereocenters. The summed E-state index contributed by atoms with van der Waals surface area (Å²) in [7, 11) is -13.5. The van der Waals surface area contributed by atoms with E-state index in [1.165, 1.54) is 0 Å². The third-order valence-corrected chi connectivity index (χ3v) is 4.47. The molecule has 0 aromatic carbocycles. The molecule has 0 radical (unpaired) electrons. The minimum absolute atomic E-state index is 0.0776. The van der Waals surface area contributed by atoms with Crippen LogP contribution in [0.1, 0.15) is 0 Å². The number of nitrogens with zero attached hydrogens (tertiary/aromatic N) is 1. The van der Waals surface area contributed by atoms with Crippen LogP contribution in [0.15, 0.2) is 0 Å². The molecule has 0 aromatic rings. The zero-order valence-electron chi connectivity index (χ0n) is 12.9. The molecule has 0 saturated heterocycles. The second-order valence-electron chi connectivity index (χ2n) is 4.74. The number of ether oxygens (including phenoxy) is 1. The fraction of sp³-hybridized carbons (Fsp3) is 1.00. The first-order chi connectivity index (χ1) is 11.0. The molecule has 18 heteroatoms. The monoisotopic (exact) mass is 436 g/mol. The van der Waals surface area contributed by atoms with E-state index in [0.717, 1.165) is 0 Å². The molecular weight excluding hydrogens is 413 g/mol. The van der Waals surface area contributed by atoms with Crippen LogP contribution in [-0.2, 0) is 18.4 Å². The van der Waals surface area contributed by atoms with Gasteiger partial charge in [-0.15, -0.1) is 0 Å². The minimum atomic E-state index is -4.72. The Morgan fingerprint density at radius 3 is 1.56 bits per heavy atom. The highest BCUT2D eigenvalue weighted by atomic mass is 31.2. The molecule has 0 aliphatic rings. The standard InChI is InChI=1S/C6H17NO9P2.CH6NO4P/c8-2-4-16-3-1-7(9,5-17(10,11)12)6-18(13,14)15;3-2-1-7(4,5)6/h8H,1-6H2,(H2,10,11,12)(H2,13,14,15);1-2H2,(H2,4,5,6). The fourth-order valence-electron chi connectivity index (χ4n) is 1.35. The number of quaternary nitrogens is 2. The first kappa shape index (κ1) is 27.4. The molecule has 0 bridgehead atoms. The molecule has 0 aliphatic carbocycles. The average Bonchev–Trinajstić information content (AvgIpc) is 2.29. The lowest BCUT2D eigenvalue weighted by Gasteiger charge is -2.41. The fourth-order valence-corrected chi connectivity index (χ4v) is 3.53. The van der Waals surface area contributed by atoms with Crippen LogP contribution < -0.4 is 5.48 Å². The molecule has 0 amide bonds. The van der Waals surface area contributed by atoms with Crippen molar-refractivity contribution in [2.75, 3.05) is 45.2 Å². The van der Waals surface area contributed by atoms with Gasteiger partial charge in [0.1, 0.15) is 6.54 Å². The smallest absolute Gasteiger partial charge is 0.379 e. The number of aliphatic hydroxyl groups excluding tert-OH is 1. The lowest BCUT2D eigenvalue weighted by atomic mass is 10.6. The number of hydrogen-bond donors (Lipinski definition) is 8. The van der Waals surface area contributed by atoms with Crippen molar-refractivity contribution in [3.05, 3.63) is 10.4 Å².